The van der Waals surface area contributed by atoms with Gasteiger partial charge in [-0.15, -0.1) is 0 Å². The quantitative estimate of drug-likeness (QED) is 0.146. The molecule has 4 aliphatic rings. The second-order valence-electron chi connectivity index (χ2n) is 10.7. The minimum atomic E-state index is -0.806. The number of Topliss-reactive ketones (excluding diaryl/α,β-unsaturated/α-hetero) is 1. The summed E-state index contributed by atoms with van der Waals surface area (Å²) in [6.07, 6.45) is 3.54. The Morgan fingerprint density at radius 2 is 1.74 bits per heavy atom. The summed E-state index contributed by atoms with van der Waals surface area (Å²) in [7, 11) is 1.40. The van der Waals surface area contributed by atoms with Gasteiger partial charge in [-0.1, -0.05) is 11.6 Å². The van der Waals surface area contributed by atoms with Gasteiger partial charge in [0.05, 0.1) is 34.0 Å². The van der Waals surface area contributed by atoms with Crippen LogP contribution in [-0.2, 0) is 19.2 Å². The third kappa shape index (κ3) is 4.03. The molecule has 1 saturated heterocycles. The van der Waals surface area contributed by atoms with E-state index >= 15 is 0 Å². The van der Waals surface area contributed by atoms with E-state index < -0.39 is 40.4 Å². The van der Waals surface area contributed by atoms with Gasteiger partial charge in [-0.3, -0.25) is 34.2 Å². The van der Waals surface area contributed by atoms with Crippen molar-refractivity contribution in [1.29, 1.82) is 0 Å². The van der Waals surface area contributed by atoms with Crippen LogP contribution < -0.4 is 9.64 Å². The lowest BCUT2D eigenvalue weighted by Gasteiger charge is -2.42. The number of non-ortho nitro benzene ring substituents is 1. The van der Waals surface area contributed by atoms with E-state index in [9.17, 15) is 34.4 Å². The lowest BCUT2D eigenvalue weighted by Crippen LogP contribution is -2.40. The number of ether oxygens (including phenoxy) is 1. The number of hydrogen-bond acceptors (Lipinski definition) is 8. The number of phenolic OH excluding ortho intramolecular Hbond substituents is 1. The van der Waals surface area contributed by atoms with Gasteiger partial charge in [0.25, 0.3) is 5.69 Å². The molecule has 0 spiro atoms. The molecular formula is C30H22Br2N2O8. The fourth-order valence-corrected chi connectivity index (χ4v) is 7.65. The molecule has 42 heavy (non-hydrogen) atoms. The molecule has 2 amide bonds. The summed E-state index contributed by atoms with van der Waals surface area (Å²) in [5.41, 5.74) is 2.25. The van der Waals surface area contributed by atoms with Crippen molar-refractivity contribution in [2.24, 2.45) is 17.8 Å². The predicted molar refractivity (Wildman–Crippen MR) is 157 cm³/mol. The maximum Gasteiger partial charge on any atom is 0.269 e. The Balaban J connectivity index is 1.50. The van der Waals surface area contributed by atoms with Gasteiger partial charge in [0.15, 0.2) is 23.1 Å². The lowest BCUT2D eigenvalue weighted by molar-refractivity contribution is -0.384. The number of allylic oxidation sites excluding steroid dienone is 6. The molecule has 1 N–H and O–H groups in total. The Labute approximate surface area is 256 Å². The normalized spacial score (nSPS) is 25.1. The first-order valence-electron chi connectivity index (χ1n) is 13.0. The molecule has 0 radical (unpaired) electrons. The molecule has 1 aliphatic heterocycles. The second-order valence-corrected chi connectivity index (χ2v) is 12.2. The Hall–Kier alpha value is -3.90. The average molecular weight is 698 g/mol. The molecule has 1 heterocycles. The van der Waals surface area contributed by atoms with Gasteiger partial charge in [-0.05, 0) is 87.4 Å². The number of carbonyl (C=O) groups is 4. The number of halogens is 2. The van der Waals surface area contributed by atoms with Crippen LogP contribution >= 0.6 is 31.9 Å². The highest BCUT2D eigenvalue weighted by molar-refractivity contribution is 9.13. The number of ketones is 2. The predicted octanol–water partition coefficient (Wildman–Crippen LogP) is 5.47. The summed E-state index contributed by atoms with van der Waals surface area (Å²) in [6, 6.07) is 6.83. The highest BCUT2D eigenvalue weighted by Gasteiger charge is 2.57. The maximum atomic E-state index is 14.0. The first-order chi connectivity index (χ1) is 20.0. The molecule has 10 nitrogen and oxygen atoms in total. The number of amides is 2. The number of carbonyl (C=O) groups excluding carboxylic acids is 4. The minimum Gasteiger partial charge on any atom is -0.503 e. The van der Waals surface area contributed by atoms with E-state index in [1.807, 2.05) is 6.08 Å². The van der Waals surface area contributed by atoms with Crippen molar-refractivity contribution in [2.75, 3.05) is 12.0 Å². The number of fused-ring (bicyclic) bond motifs is 3. The van der Waals surface area contributed by atoms with E-state index in [1.54, 1.807) is 13.0 Å². The minimum absolute atomic E-state index is 0.107. The topological polar surface area (TPSA) is 144 Å². The number of methoxy groups -OCH3 is 1. The van der Waals surface area contributed by atoms with Crippen LogP contribution in [-0.4, -0.2) is 40.5 Å². The van der Waals surface area contributed by atoms with Crippen molar-refractivity contribution < 1.29 is 33.9 Å². The fraction of sp³-hybridized carbons (Fsp3) is 0.267. The number of imide groups is 1. The van der Waals surface area contributed by atoms with Crippen molar-refractivity contribution in [3.8, 4) is 11.5 Å². The lowest BCUT2D eigenvalue weighted by atomic mass is 9.59. The first-order valence-corrected chi connectivity index (χ1v) is 14.6. The second kappa shape index (κ2) is 10.1. The number of aromatic hydroxyl groups is 1. The average Bonchev–Trinajstić information content (AvgIpc) is 3.23. The molecule has 2 aromatic rings. The number of anilines is 1. The molecule has 0 aromatic heterocycles. The van der Waals surface area contributed by atoms with E-state index in [0.717, 1.165) is 10.5 Å². The van der Waals surface area contributed by atoms with Crippen molar-refractivity contribution in [2.45, 2.75) is 25.7 Å². The van der Waals surface area contributed by atoms with Crippen molar-refractivity contribution >= 4 is 66.6 Å². The molecule has 12 heteroatoms. The van der Waals surface area contributed by atoms with E-state index in [2.05, 4.69) is 31.9 Å². The van der Waals surface area contributed by atoms with Gasteiger partial charge in [0.2, 0.25) is 11.8 Å². The van der Waals surface area contributed by atoms with E-state index in [4.69, 9.17) is 4.74 Å². The monoisotopic (exact) mass is 696 g/mol. The number of phenols is 1. The standard InChI is InChI=1S/C30H22Br2N2O8/c1-12-9-20(35)24-19(27(12)36)10-17-15(22(24)18-11-21(42-2)28(37)26(32)25(18)31)7-8-16-23(17)30(39)33(29(16)38)13-3-5-14(6-4-13)34(40)41/h3-7,9,11,16-17,22-23,37H,8,10H2,1-2H3/t16-,17+,22+,23-/m0/s1. The van der Waals surface area contributed by atoms with Gasteiger partial charge in [-0.25, -0.2) is 0 Å². The van der Waals surface area contributed by atoms with Crippen molar-refractivity contribution in [3.63, 3.8) is 0 Å². The highest BCUT2D eigenvalue weighted by atomic mass is 79.9. The van der Waals surface area contributed by atoms with Crippen LogP contribution in [0.5, 0.6) is 11.5 Å². The van der Waals surface area contributed by atoms with Crippen LogP contribution in [0.4, 0.5) is 11.4 Å². The number of nitro groups is 1. The molecule has 3 aliphatic carbocycles. The number of benzene rings is 2. The van der Waals surface area contributed by atoms with E-state index in [-0.39, 0.29) is 47.3 Å². The Kier molecular flexibility index (Phi) is 6.81. The van der Waals surface area contributed by atoms with Crippen LogP contribution in [0.15, 0.2) is 73.7 Å². The summed E-state index contributed by atoms with van der Waals surface area (Å²) in [4.78, 5) is 66.3. The summed E-state index contributed by atoms with van der Waals surface area (Å²) in [5, 5.41) is 21.7. The summed E-state index contributed by atoms with van der Waals surface area (Å²) in [5.74, 6) is -4.30. The van der Waals surface area contributed by atoms with Gasteiger partial charge in [0, 0.05) is 39.2 Å². The van der Waals surface area contributed by atoms with E-state index in [0.29, 0.717) is 31.2 Å². The summed E-state index contributed by atoms with van der Waals surface area (Å²) in [6.45, 7) is 1.57. The smallest absolute Gasteiger partial charge is 0.269 e. The molecular weight excluding hydrogens is 676 g/mol. The summed E-state index contributed by atoms with van der Waals surface area (Å²) >= 11 is 6.93. The summed E-state index contributed by atoms with van der Waals surface area (Å²) < 4.78 is 6.14. The van der Waals surface area contributed by atoms with Gasteiger partial charge >= 0.3 is 0 Å². The molecule has 0 unspecified atom stereocenters. The molecule has 214 valence electrons. The third-order valence-corrected chi connectivity index (χ3v) is 10.7. The van der Waals surface area contributed by atoms with E-state index in [1.165, 1.54) is 37.5 Å². The first kappa shape index (κ1) is 28.2. The van der Waals surface area contributed by atoms with Gasteiger partial charge in [0.1, 0.15) is 0 Å². The Morgan fingerprint density at radius 1 is 1.05 bits per heavy atom. The molecule has 1 fully saturated rings. The zero-order chi connectivity index (χ0) is 30.2. The molecule has 4 atom stereocenters. The number of rotatable bonds is 4. The third-order valence-electron chi connectivity index (χ3n) is 8.59. The van der Waals surface area contributed by atoms with Crippen LogP contribution in [0.25, 0.3) is 0 Å². The molecule has 6 rings (SSSR count). The molecule has 0 bridgehead atoms. The number of hydrogen-bond donors (Lipinski definition) is 1. The molecule has 0 saturated carbocycles. The fourth-order valence-electron chi connectivity index (χ4n) is 6.69. The van der Waals surface area contributed by atoms with Crippen LogP contribution in [0, 0.1) is 27.9 Å². The maximum absolute atomic E-state index is 14.0. The number of nitro benzene ring substituents is 1. The molecule has 2 aromatic carbocycles. The van der Waals surface area contributed by atoms with Gasteiger partial charge < -0.3 is 9.84 Å². The van der Waals surface area contributed by atoms with Crippen LogP contribution in [0.2, 0.25) is 0 Å². The van der Waals surface area contributed by atoms with Crippen LogP contribution in [0.1, 0.15) is 31.2 Å². The Morgan fingerprint density at radius 3 is 2.38 bits per heavy atom. The largest absolute Gasteiger partial charge is 0.503 e. The van der Waals surface area contributed by atoms with Crippen molar-refractivity contribution in [3.05, 3.63) is 89.4 Å². The van der Waals surface area contributed by atoms with Crippen LogP contribution in [0.3, 0.4) is 0 Å². The van der Waals surface area contributed by atoms with Crippen molar-refractivity contribution in [1.82, 2.24) is 0 Å². The zero-order valence-corrected chi connectivity index (χ0v) is 25.4. The Bertz CT molecular complexity index is 1740. The number of nitrogens with zero attached hydrogens (tertiary/aromatic N) is 2. The van der Waals surface area contributed by atoms with Gasteiger partial charge in [-0.2, -0.15) is 0 Å². The zero-order valence-electron chi connectivity index (χ0n) is 22.2. The SMILES string of the molecule is COc1cc([C@H]2C3=CC[C@@H]4C(=O)N(c5ccc([N+](=O)[O-])cc5)C(=O)[C@@H]4[C@@H]3CC3=C2C(=O)C=C(C)C3=O)c(Br)c(Br)c1O. The highest BCUT2D eigenvalue weighted by Crippen LogP contribution is 2.57.